The molecule has 2 N–H and O–H groups in total. The molecule has 3 heteroatoms. The third-order valence-electron chi connectivity index (χ3n) is 3.82. The third-order valence-corrected chi connectivity index (χ3v) is 5.11. The number of carbonyl (C=O) groups is 1. The van der Waals surface area contributed by atoms with Gasteiger partial charge >= 0.3 is 0 Å². The van der Waals surface area contributed by atoms with E-state index >= 15 is 0 Å². The van der Waals surface area contributed by atoms with E-state index in [4.69, 9.17) is 5.73 Å². The number of carbonyl (C=O) groups excluding carboxylic acids is 1. The molecule has 0 aliphatic heterocycles. The summed E-state index contributed by atoms with van der Waals surface area (Å²) in [6, 6.07) is 0. The molecule has 6 atom stereocenters. The number of hydrogen-bond donors (Lipinski definition) is 1. The van der Waals surface area contributed by atoms with E-state index in [0.29, 0.717) is 16.7 Å². The van der Waals surface area contributed by atoms with Crippen LogP contribution in [0.2, 0.25) is 0 Å². The third kappa shape index (κ3) is 0.546. The molecule has 4 saturated carbocycles. The van der Waals surface area contributed by atoms with Crippen molar-refractivity contribution in [1.29, 1.82) is 0 Å². The Morgan fingerprint density at radius 3 is 2.27 bits per heavy atom. The predicted octanol–water partition coefficient (Wildman–Crippen LogP) is 0.747. The Balaban J connectivity index is 1.97. The molecule has 0 aromatic carbocycles. The van der Waals surface area contributed by atoms with Gasteiger partial charge in [-0.2, -0.15) is 0 Å². The van der Waals surface area contributed by atoms with Crippen molar-refractivity contribution in [2.75, 3.05) is 0 Å². The molecule has 11 heavy (non-hydrogen) atoms. The number of halogens is 1. The standard InChI is InChI=1S/C8H10BrNO/c9-7-3-1-2-4(5(2)7)6(3)8(10)11/h2-7H,1H2,(H2,10,11). The van der Waals surface area contributed by atoms with Gasteiger partial charge in [-0.3, -0.25) is 4.79 Å². The second-order valence-electron chi connectivity index (χ2n) is 4.09. The molecule has 2 nitrogen and oxygen atoms in total. The van der Waals surface area contributed by atoms with Crippen LogP contribution in [-0.4, -0.2) is 10.7 Å². The lowest BCUT2D eigenvalue weighted by atomic mass is 9.98. The van der Waals surface area contributed by atoms with Gasteiger partial charge in [0.05, 0.1) is 0 Å². The molecule has 0 spiro atoms. The first-order valence-electron chi connectivity index (χ1n) is 4.15. The van der Waals surface area contributed by atoms with Crippen LogP contribution in [0.25, 0.3) is 0 Å². The molecule has 4 aliphatic rings. The minimum Gasteiger partial charge on any atom is -0.369 e. The van der Waals surface area contributed by atoms with Crippen LogP contribution in [0.4, 0.5) is 0 Å². The minimum atomic E-state index is -0.0630. The SMILES string of the molecule is NC(=O)C1C2CC3C(C2Br)C31. The number of amides is 1. The lowest BCUT2D eigenvalue weighted by molar-refractivity contribution is -0.122. The van der Waals surface area contributed by atoms with Crippen molar-refractivity contribution in [2.45, 2.75) is 11.2 Å². The Morgan fingerprint density at radius 1 is 1.36 bits per heavy atom. The molecule has 0 saturated heterocycles. The van der Waals surface area contributed by atoms with E-state index in [1.165, 1.54) is 6.42 Å². The van der Waals surface area contributed by atoms with Gasteiger partial charge in [-0.15, -0.1) is 0 Å². The first-order valence-corrected chi connectivity index (χ1v) is 5.07. The number of primary amides is 1. The molecule has 4 rings (SSSR count). The quantitative estimate of drug-likeness (QED) is 0.645. The van der Waals surface area contributed by atoms with Crippen LogP contribution in [0.15, 0.2) is 0 Å². The lowest BCUT2D eigenvalue weighted by Crippen LogP contribution is -2.27. The monoisotopic (exact) mass is 215 g/mol. The zero-order valence-corrected chi connectivity index (χ0v) is 7.62. The smallest absolute Gasteiger partial charge is 0.221 e. The van der Waals surface area contributed by atoms with Gasteiger partial charge in [0.2, 0.25) is 5.91 Å². The van der Waals surface area contributed by atoms with Gasteiger partial charge in [-0.25, -0.2) is 0 Å². The summed E-state index contributed by atoms with van der Waals surface area (Å²) < 4.78 is 0. The van der Waals surface area contributed by atoms with E-state index in [0.717, 1.165) is 11.8 Å². The van der Waals surface area contributed by atoms with Crippen molar-refractivity contribution in [2.24, 2.45) is 35.3 Å². The molecular weight excluding hydrogens is 206 g/mol. The number of nitrogens with two attached hydrogens (primary N) is 1. The van der Waals surface area contributed by atoms with Gasteiger partial charge in [-0.05, 0) is 30.1 Å². The number of rotatable bonds is 1. The van der Waals surface area contributed by atoms with Crippen LogP contribution in [0.5, 0.6) is 0 Å². The Kier molecular flexibility index (Phi) is 0.972. The fourth-order valence-electron chi connectivity index (χ4n) is 3.46. The second kappa shape index (κ2) is 1.65. The van der Waals surface area contributed by atoms with Crippen molar-refractivity contribution in [3.05, 3.63) is 0 Å². The van der Waals surface area contributed by atoms with E-state index in [9.17, 15) is 4.79 Å². The van der Waals surface area contributed by atoms with Gasteiger partial charge in [0, 0.05) is 10.7 Å². The Bertz CT molecular complexity index is 242. The summed E-state index contributed by atoms with van der Waals surface area (Å²) in [6.07, 6.45) is 1.25. The average molecular weight is 216 g/mol. The van der Waals surface area contributed by atoms with E-state index in [1.807, 2.05) is 0 Å². The van der Waals surface area contributed by atoms with Gasteiger partial charge in [0.1, 0.15) is 0 Å². The molecule has 4 fully saturated rings. The molecule has 4 bridgehead atoms. The predicted molar refractivity (Wildman–Crippen MR) is 44.0 cm³/mol. The fourth-order valence-corrected chi connectivity index (χ4v) is 4.75. The lowest BCUT2D eigenvalue weighted by Gasteiger charge is -2.12. The van der Waals surface area contributed by atoms with E-state index < -0.39 is 0 Å². The Labute approximate surface area is 73.6 Å². The van der Waals surface area contributed by atoms with E-state index in [2.05, 4.69) is 15.9 Å². The average Bonchev–Trinajstić information content (AvgIpc) is 2.33. The normalized spacial score (nSPS) is 63.4. The Morgan fingerprint density at radius 2 is 2.09 bits per heavy atom. The van der Waals surface area contributed by atoms with Gasteiger partial charge in [0.25, 0.3) is 0 Å². The molecule has 0 aromatic rings. The zero-order chi connectivity index (χ0) is 7.75. The van der Waals surface area contributed by atoms with E-state index in [-0.39, 0.29) is 11.8 Å². The van der Waals surface area contributed by atoms with Gasteiger partial charge < -0.3 is 5.73 Å². The van der Waals surface area contributed by atoms with Gasteiger partial charge in [0.15, 0.2) is 0 Å². The first-order chi connectivity index (χ1) is 5.22. The molecule has 1 amide bonds. The van der Waals surface area contributed by atoms with Crippen molar-refractivity contribution in [3.63, 3.8) is 0 Å². The summed E-state index contributed by atoms with van der Waals surface area (Å²) in [7, 11) is 0. The molecule has 0 aromatic heterocycles. The van der Waals surface area contributed by atoms with E-state index in [1.54, 1.807) is 0 Å². The number of hydrogen-bond acceptors (Lipinski definition) is 1. The molecule has 0 radical (unpaired) electrons. The summed E-state index contributed by atoms with van der Waals surface area (Å²) in [5.41, 5.74) is 5.33. The van der Waals surface area contributed by atoms with Crippen molar-refractivity contribution < 1.29 is 4.79 Å². The summed E-state index contributed by atoms with van der Waals surface area (Å²) in [5.74, 6) is 3.05. The van der Waals surface area contributed by atoms with Crippen LogP contribution < -0.4 is 5.73 Å². The summed E-state index contributed by atoms with van der Waals surface area (Å²) in [6.45, 7) is 0. The topological polar surface area (TPSA) is 43.1 Å². The van der Waals surface area contributed by atoms with Crippen LogP contribution in [0, 0.1) is 29.6 Å². The van der Waals surface area contributed by atoms with Crippen LogP contribution in [-0.2, 0) is 4.79 Å². The van der Waals surface area contributed by atoms with Crippen LogP contribution >= 0.6 is 15.9 Å². The maximum absolute atomic E-state index is 11.0. The maximum atomic E-state index is 11.0. The first kappa shape index (κ1) is 6.46. The van der Waals surface area contributed by atoms with Crippen molar-refractivity contribution >= 4 is 21.8 Å². The van der Waals surface area contributed by atoms with Crippen molar-refractivity contribution in [3.8, 4) is 0 Å². The molecule has 60 valence electrons. The zero-order valence-electron chi connectivity index (χ0n) is 6.03. The highest BCUT2D eigenvalue weighted by atomic mass is 79.9. The molecule has 4 aliphatic carbocycles. The van der Waals surface area contributed by atoms with Crippen LogP contribution in [0.3, 0.4) is 0 Å². The van der Waals surface area contributed by atoms with Crippen LogP contribution in [0.1, 0.15) is 6.42 Å². The highest BCUT2D eigenvalue weighted by molar-refractivity contribution is 9.09. The highest BCUT2D eigenvalue weighted by Gasteiger charge is 2.74. The second-order valence-corrected chi connectivity index (χ2v) is 5.15. The summed E-state index contributed by atoms with van der Waals surface area (Å²) >= 11 is 3.65. The number of alkyl halides is 1. The summed E-state index contributed by atoms with van der Waals surface area (Å²) in [5, 5.41) is 0. The summed E-state index contributed by atoms with van der Waals surface area (Å²) in [4.78, 5) is 11.6. The largest absolute Gasteiger partial charge is 0.369 e. The molecule has 0 heterocycles. The van der Waals surface area contributed by atoms with Gasteiger partial charge in [-0.1, -0.05) is 15.9 Å². The molecular formula is C8H10BrNO. The van der Waals surface area contributed by atoms with Crippen molar-refractivity contribution in [1.82, 2.24) is 0 Å². The fraction of sp³-hybridized carbons (Fsp3) is 0.875. The minimum absolute atomic E-state index is 0.0630. The Hall–Kier alpha value is -0.0500. The highest BCUT2D eigenvalue weighted by Crippen LogP contribution is 2.74. The molecule has 6 unspecified atom stereocenters. The maximum Gasteiger partial charge on any atom is 0.221 e.